The lowest BCUT2D eigenvalue weighted by molar-refractivity contribution is 0.516. The fourth-order valence-electron chi connectivity index (χ4n) is 2.03. The third-order valence-corrected chi connectivity index (χ3v) is 4.75. The molecule has 1 aromatic carbocycles. The van der Waals surface area contributed by atoms with E-state index in [2.05, 4.69) is 6.07 Å². The Bertz CT molecular complexity index is 405. The lowest BCUT2D eigenvalue weighted by Gasteiger charge is -2.21. The van der Waals surface area contributed by atoms with Crippen LogP contribution >= 0.6 is 23.4 Å². The summed E-state index contributed by atoms with van der Waals surface area (Å²) in [6.07, 6.45) is 6.64. The third-order valence-electron chi connectivity index (χ3n) is 2.91. The first-order valence-corrected chi connectivity index (χ1v) is 6.91. The van der Waals surface area contributed by atoms with E-state index in [9.17, 15) is 0 Å². The number of rotatable bonds is 2. The van der Waals surface area contributed by atoms with Gasteiger partial charge in [0.25, 0.3) is 0 Å². The van der Waals surface area contributed by atoms with Gasteiger partial charge in [0.15, 0.2) is 0 Å². The van der Waals surface area contributed by atoms with E-state index in [0.717, 1.165) is 9.92 Å². The summed E-state index contributed by atoms with van der Waals surface area (Å²) < 4.78 is 0. The minimum absolute atomic E-state index is 0.637. The van der Waals surface area contributed by atoms with Crippen LogP contribution in [0.3, 0.4) is 0 Å². The molecule has 2 rings (SSSR count). The lowest BCUT2D eigenvalue weighted by atomic mass is 10.0. The van der Waals surface area contributed by atoms with Crippen LogP contribution in [0, 0.1) is 11.3 Å². The SMILES string of the molecule is N#Cc1ccc(SC2CCCCC2)c(Cl)c1. The maximum Gasteiger partial charge on any atom is 0.0992 e. The second-order valence-corrected chi connectivity index (χ2v) is 5.88. The van der Waals surface area contributed by atoms with Gasteiger partial charge in [-0.15, -0.1) is 11.8 Å². The predicted molar refractivity (Wildman–Crippen MR) is 68.9 cm³/mol. The second kappa shape index (κ2) is 5.61. The van der Waals surface area contributed by atoms with Crippen molar-refractivity contribution < 1.29 is 0 Å². The van der Waals surface area contributed by atoms with Crippen LogP contribution in [0.15, 0.2) is 23.1 Å². The van der Waals surface area contributed by atoms with E-state index >= 15 is 0 Å². The van der Waals surface area contributed by atoms with Crippen LogP contribution in [0.2, 0.25) is 5.02 Å². The number of nitriles is 1. The van der Waals surface area contributed by atoms with E-state index in [0.29, 0.717) is 10.8 Å². The zero-order valence-electron chi connectivity index (χ0n) is 9.08. The Morgan fingerprint density at radius 3 is 2.62 bits per heavy atom. The first kappa shape index (κ1) is 11.8. The molecular formula is C13H14ClNS. The van der Waals surface area contributed by atoms with Gasteiger partial charge in [-0.2, -0.15) is 5.26 Å². The van der Waals surface area contributed by atoms with Crippen LogP contribution in [0.4, 0.5) is 0 Å². The molecule has 0 saturated heterocycles. The molecule has 84 valence electrons. The van der Waals surface area contributed by atoms with Crippen LogP contribution < -0.4 is 0 Å². The Hall–Kier alpha value is -0.650. The topological polar surface area (TPSA) is 23.8 Å². The molecule has 0 aromatic heterocycles. The molecule has 0 atom stereocenters. The number of hydrogen-bond donors (Lipinski definition) is 0. The van der Waals surface area contributed by atoms with Crippen LogP contribution in [-0.4, -0.2) is 5.25 Å². The van der Waals surface area contributed by atoms with Gasteiger partial charge in [0, 0.05) is 10.1 Å². The van der Waals surface area contributed by atoms with Gasteiger partial charge in [-0.3, -0.25) is 0 Å². The molecule has 1 aromatic rings. The normalized spacial score (nSPS) is 17.0. The molecule has 0 unspecified atom stereocenters. The number of benzene rings is 1. The van der Waals surface area contributed by atoms with Crippen LogP contribution in [0.25, 0.3) is 0 Å². The quantitative estimate of drug-likeness (QED) is 0.765. The van der Waals surface area contributed by atoms with Gasteiger partial charge in [0.05, 0.1) is 16.7 Å². The van der Waals surface area contributed by atoms with Crippen molar-refractivity contribution in [1.29, 1.82) is 5.26 Å². The zero-order chi connectivity index (χ0) is 11.4. The average Bonchev–Trinajstić information content (AvgIpc) is 2.33. The van der Waals surface area contributed by atoms with Gasteiger partial charge in [-0.05, 0) is 31.0 Å². The van der Waals surface area contributed by atoms with Gasteiger partial charge < -0.3 is 0 Å². The molecule has 1 aliphatic carbocycles. The second-order valence-electron chi connectivity index (χ2n) is 4.13. The predicted octanol–water partition coefficient (Wildman–Crippen LogP) is 4.64. The summed E-state index contributed by atoms with van der Waals surface area (Å²) >= 11 is 8.02. The van der Waals surface area contributed by atoms with Gasteiger partial charge >= 0.3 is 0 Å². The van der Waals surface area contributed by atoms with Gasteiger partial charge in [0.1, 0.15) is 0 Å². The minimum atomic E-state index is 0.637. The van der Waals surface area contributed by atoms with Gasteiger partial charge in [-0.25, -0.2) is 0 Å². The lowest BCUT2D eigenvalue weighted by Crippen LogP contribution is -2.07. The average molecular weight is 252 g/mol. The van der Waals surface area contributed by atoms with Crippen LogP contribution in [0.5, 0.6) is 0 Å². The van der Waals surface area contributed by atoms with Gasteiger partial charge in [-0.1, -0.05) is 30.9 Å². The van der Waals surface area contributed by atoms with Crippen molar-refractivity contribution in [3.8, 4) is 6.07 Å². The summed E-state index contributed by atoms with van der Waals surface area (Å²) in [7, 11) is 0. The Balaban J connectivity index is 2.06. The largest absolute Gasteiger partial charge is 0.192 e. The fourth-order valence-corrected chi connectivity index (χ4v) is 3.59. The molecule has 1 fully saturated rings. The summed E-state index contributed by atoms with van der Waals surface area (Å²) in [4.78, 5) is 1.12. The molecule has 1 saturated carbocycles. The van der Waals surface area contributed by atoms with Gasteiger partial charge in [0.2, 0.25) is 0 Å². The highest BCUT2D eigenvalue weighted by atomic mass is 35.5. The van der Waals surface area contributed by atoms with E-state index in [-0.39, 0.29) is 0 Å². The van der Waals surface area contributed by atoms with E-state index in [4.69, 9.17) is 16.9 Å². The Kier molecular flexibility index (Phi) is 4.15. The highest BCUT2D eigenvalue weighted by Gasteiger charge is 2.15. The van der Waals surface area contributed by atoms with Crippen molar-refractivity contribution in [1.82, 2.24) is 0 Å². The number of nitrogens with zero attached hydrogens (tertiary/aromatic N) is 1. The maximum absolute atomic E-state index is 8.76. The first-order chi connectivity index (χ1) is 7.79. The fraction of sp³-hybridized carbons (Fsp3) is 0.462. The monoisotopic (exact) mass is 251 g/mol. The summed E-state index contributed by atoms with van der Waals surface area (Å²) in [5.74, 6) is 0. The molecule has 0 aliphatic heterocycles. The van der Waals surface area contributed by atoms with Crippen molar-refractivity contribution in [2.75, 3.05) is 0 Å². The van der Waals surface area contributed by atoms with Crippen molar-refractivity contribution in [2.45, 2.75) is 42.2 Å². The van der Waals surface area contributed by atoms with E-state index in [1.165, 1.54) is 32.1 Å². The van der Waals surface area contributed by atoms with E-state index < -0.39 is 0 Å². The number of thioether (sulfide) groups is 1. The Labute approximate surface area is 106 Å². The molecule has 0 bridgehead atoms. The molecule has 3 heteroatoms. The summed E-state index contributed by atoms with van der Waals surface area (Å²) in [6, 6.07) is 7.68. The molecule has 0 amide bonds. The zero-order valence-corrected chi connectivity index (χ0v) is 10.7. The Morgan fingerprint density at radius 1 is 1.25 bits per heavy atom. The molecule has 16 heavy (non-hydrogen) atoms. The van der Waals surface area contributed by atoms with Crippen molar-refractivity contribution in [3.05, 3.63) is 28.8 Å². The van der Waals surface area contributed by atoms with Crippen molar-refractivity contribution in [3.63, 3.8) is 0 Å². The van der Waals surface area contributed by atoms with Crippen molar-refractivity contribution in [2.24, 2.45) is 0 Å². The molecule has 0 heterocycles. The molecule has 1 aliphatic rings. The number of halogens is 1. The van der Waals surface area contributed by atoms with Crippen LogP contribution in [0.1, 0.15) is 37.7 Å². The highest BCUT2D eigenvalue weighted by molar-refractivity contribution is 8.00. The first-order valence-electron chi connectivity index (χ1n) is 5.66. The number of hydrogen-bond acceptors (Lipinski definition) is 2. The minimum Gasteiger partial charge on any atom is -0.192 e. The summed E-state index contributed by atoms with van der Waals surface area (Å²) in [5, 5.41) is 10.2. The maximum atomic E-state index is 8.76. The van der Waals surface area contributed by atoms with E-state index in [1.807, 2.05) is 23.9 Å². The Morgan fingerprint density at radius 2 is 2.00 bits per heavy atom. The summed E-state index contributed by atoms with van der Waals surface area (Å²) in [6.45, 7) is 0. The molecule has 0 radical (unpaired) electrons. The third kappa shape index (κ3) is 2.93. The highest BCUT2D eigenvalue weighted by Crippen LogP contribution is 2.37. The molecule has 0 N–H and O–H groups in total. The summed E-state index contributed by atoms with van der Waals surface area (Å²) in [5.41, 5.74) is 0.637. The standard InChI is InChI=1S/C13H14ClNS/c14-12-8-10(9-15)6-7-13(12)16-11-4-2-1-3-5-11/h6-8,11H,1-5H2. The smallest absolute Gasteiger partial charge is 0.0992 e. The van der Waals surface area contributed by atoms with Crippen molar-refractivity contribution >= 4 is 23.4 Å². The molecule has 1 nitrogen and oxygen atoms in total. The van der Waals surface area contributed by atoms with E-state index in [1.54, 1.807) is 6.07 Å². The molecular weight excluding hydrogens is 238 g/mol. The molecule has 0 spiro atoms. The van der Waals surface area contributed by atoms with Crippen LogP contribution in [-0.2, 0) is 0 Å².